The molecule has 0 spiro atoms. The van der Waals surface area contributed by atoms with Crippen LogP contribution in [-0.2, 0) is 11.3 Å². The maximum Gasteiger partial charge on any atom is 0.221 e. The summed E-state index contributed by atoms with van der Waals surface area (Å²) in [7, 11) is 0. The van der Waals surface area contributed by atoms with Crippen molar-refractivity contribution in [2.45, 2.75) is 46.3 Å². The van der Waals surface area contributed by atoms with Gasteiger partial charge in [-0.3, -0.25) is 9.59 Å². The highest BCUT2D eigenvalue weighted by Crippen LogP contribution is 2.30. The highest BCUT2D eigenvalue weighted by Gasteiger charge is 2.20. The van der Waals surface area contributed by atoms with Crippen LogP contribution in [0.1, 0.15) is 40.9 Å². The highest BCUT2D eigenvalue weighted by molar-refractivity contribution is 7.99. The van der Waals surface area contributed by atoms with Crippen molar-refractivity contribution in [2.75, 3.05) is 11.1 Å². The Labute approximate surface area is 191 Å². The van der Waals surface area contributed by atoms with E-state index in [1.54, 1.807) is 0 Å². The minimum atomic E-state index is -0.160. The zero-order valence-electron chi connectivity index (χ0n) is 18.2. The third-order valence-corrected chi connectivity index (χ3v) is 6.20. The van der Waals surface area contributed by atoms with Crippen LogP contribution in [-0.4, -0.2) is 32.2 Å². The van der Waals surface area contributed by atoms with Gasteiger partial charge in [0.05, 0.1) is 5.75 Å². The van der Waals surface area contributed by atoms with Crippen LogP contribution in [0.25, 0.3) is 11.4 Å². The summed E-state index contributed by atoms with van der Waals surface area (Å²) in [5, 5.41) is 12.8. The van der Waals surface area contributed by atoms with E-state index >= 15 is 0 Å². The Hall–Kier alpha value is -2.64. The number of hydrogen-bond donors (Lipinski definition) is 1. The Bertz CT molecular complexity index is 1160. The first-order chi connectivity index (χ1) is 14.7. The van der Waals surface area contributed by atoms with Gasteiger partial charge in [0.2, 0.25) is 5.91 Å². The fraction of sp³-hybridized carbons (Fsp3) is 0.304. The largest absolute Gasteiger partial charge is 0.326 e. The SMILES string of the molecule is CCn1c(SCC(=O)c2c(C)cc(C)c(NC(C)=O)c2C)nnc1-c1cccc(Cl)c1. The summed E-state index contributed by atoms with van der Waals surface area (Å²) in [6.45, 7) is 9.86. The second-order valence-electron chi connectivity index (χ2n) is 7.34. The van der Waals surface area contributed by atoms with Crippen LogP contribution in [0.3, 0.4) is 0 Å². The van der Waals surface area contributed by atoms with Crippen LogP contribution >= 0.6 is 23.4 Å². The molecule has 31 heavy (non-hydrogen) atoms. The van der Waals surface area contributed by atoms with Gasteiger partial charge in [-0.25, -0.2) is 0 Å². The number of carbonyl (C=O) groups is 2. The van der Waals surface area contributed by atoms with Gasteiger partial charge in [0.15, 0.2) is 16.8 Å². The molecule has 0 atom stereocenters. The molecular weight excluding hydrogens is 432 g/mol. The van der Waals surface area contributed by atoms with Crippen LogP contribution in [0.4, 0.5) is 5.69 Å². The number of anilines is 1. The third-order valence-electron chi connectivity index (χ3n) is 5.00. The number of Topliss-reactive ketones (excluding diaryl/α,β-unsaturated/α-hetero) is 1. The number of hydrogen-bond acceptors (Lipinski definition) is 5. The molecule has 3 rings (SSSR count). The number of carbonyl (C=O) groups excluding carboxylic acids is 2. The van der Waals surface area contributed by atoms with E-state index in [4.69, 9.17) is 11.6 Å². The molecule has 6 nitrogen and oxygen atoms in total. The molecule has 1 heterocycles. The molecule has 2 aromatic carbocycles. The van der Waals surface area contributed by atoms with Crippen LogP contribution in [0.2, 0.25) is 5.02 Å². The first-order valence-electron chi connectivity index (χ1n) is 9.96. The average Bonchev–Trinajstić information content (AvgIpc) is 3.12. The van der Waals surface area contributed by atoms with Gasteiger partial charge < -0.3 is 9.88 Å². The minimum Gasteiger partial charge on any atom is -0.326 e. The number of nitrogens with zero attached hydrogens (tertiary/aromatic N) is 3. The lowest BCUT2D eigenvalue weighted by Crippen LogP contribution is -2.14. The van der Waals surface area contributed by atoms with Gasteiger partial charge in [-0.05, 0) is 56.5 Å². The van der Waals surface area contributed by atoms with Crippen LogP contribution in [0, 0.1) is 20.8 Å². The molecule has 1 aromatic heterocycles. The fourth-order valence-electron chi connectivity index (χ4n) is 3.71. The summed E-state index contributed by atoms with van der Waals surface area (Å²) in [4.78, 5) is 24.7. The number of rotatable bonds is 7. The van der Waals surface area contributed by atoms with Gasteiger partial charge in [0.25, 0.3) is 0 Å². The van der Waals surface area contributed by atoms with Crippen LogP contribution in [0.5, 0.6) is 0 Å². The second-order valence-corrected chi connectivity index (χ2v) is 8.72. The summed E-state index contributed by atoms with van der Waals surface area (Å²) in [5.41, 5.74) is 4.84. The molecule has 8 heteroatoms. The Morgan fingerprint density at radius 3 is 2.52 bits per heavy atom. The molecule has 0 bridgehead atoms. The predicted octanol–water partition coefficient (Wildman–Crippen LogP) is 5.48. The van der Waals surface area contributed by atoms with Gasteiger partial charge in [-0.2, -0.15) is 0 Å². The van der Waals surface area contributed by atoms with Crippen molar-refractivity contribution in [3.63, 3.8) is 0 Å². The smallest absolute Gasteiger partial charge is 0.221 e. The van der Waals surface area contributed by atoms with Gasteiger partial charge in [-0.15, -0.1) is 10.2 Å². The van der Waals surface area contributed by atoms with E-state index in [2.05, 4.69) is 15.5 Å². The normalized spacial score (nSPS) is 10.9. The van der Waals surface area contributed by atoms with Gasteiger partial charge in [0, 0.05) is 35.3 Å². The number of aromatic nitrogens is 3. The van der Waals surface area contributed by atoms with Crippen molar-refractivity contribution in [1.82, 2.24) is 14.8 Å². The van der Waals surface area contributed by atoms with Crippen LogP contribution < -0.4 is 5.32 Å². The minimum absolute atomic E-state index is 0.0124. The zero-order valence-corrected chi connectivity index (χ0v) is 19.8. The van der Waals surface area contributed by atoms with E-state index in [0.717, 1.165) is 28.1 Å². The first-order valence-corrected chi connectivity index (χ1v) is 11.3. The van der Waals surface area contributed by atoms with Gasteiger partial charge in [0.1, 0.15) is 0 Å². The first kappa shape index (κ1) is 23.0. The third kappa shape index (κ3) is 4.99. The van der Waals surface area contributed by atoms with E-state index in [0.29, 0.717) is 28.0 Å². The van der Waals surface area contributed by atoms with E-state index in [9.17, 15) is 9.59 Å². The van der Waals surface area contributed by atoms with Crippen molar-refractivity contribution >= 4 is 40.7 Å². The fourth-order valence-corrected chi connectivity index (χ4v) is 4.77. The van der Waals surface area contributed by atoms with Crippen molar-refractivity contribution in [2.24, 2.45) is 0 Å². The Balaban J connectivity index is 1.86. The summed E-state index contributed by atoms with van der Waals surface area (Å²) in [5.74, 6) is 0.766. The Morgan fingerprint density at radius 1 is 1.13 bits per heavy atom. The number of ketones is 1. The highest BCUT2D eigenvalue weighted by atomic mass is 35.5. The quantitative estimate of drug-likeness (QED) is 0.376. The number of benzene rings is 2. The predicted molar refractivity (Wildman–Crippen MR) is 126 cm³/mol. The lowest BCUT2D eigenvalue weighted by molar-refractivity contribution is -0.114. The monoisotopic (exact) mass is 456 g/mol. The summed E-state index contributed by atoms with van der Waals surface area (Å²) >= 11 is 7.47. The molecule has 0 aliphatic heterocycles. The number of amides is 1. The topological polar surface area (TPSA) is 76.9 Å². The van der Waals surface area contributed by atoms with Gasteiger partial charge >= 0.3 is 0 Å². The second kappa shape index (κ2) is 9.66. The maximum atomic E-state index is 13.1. The van der Waals surface area contributed by atoms with Crippen molar-refractivity contribution < 1.29 is 9.59 Å². The van der Waals surface area contributed by atoms with Crippen molar-refractivity contribution in [1.29, 1.82) is 0 Å². The molecule has 3 aromatic rings. The number of halogens is 1. The molecule has 0 aliphatic carbocycles. The summed E-state index contributed by atoms with van der Waals surface area (Å²) in [6.07, 6.45) is 0. The molecule has 0 saturated carbocycles. The molecule has 0 aliphatic rings. The number of nitrogens with one attached hydrogen (secondary N) is 1. The average molecular weight is 457 g/mol. The molecule has 0 fully saturated rings. The molecular formula is C23H25ClN4O2S. The number of thioether (sulfide) groups is 1. The van der Waals surface area contributed by atoms with Crippen molar-refractivity contribution in [3.05, 3.63) is 57.6 Å². The lowest BCUT2D eigenvalue weighted by atomic mass is 9.95. The molecule has 0 saturated heterocycles. The zero-order chi connectivity index (χ0) is 22.7. The molecule has 162 valence electrons. The van der Waals surface area contributed by atoms with E-state index < -0.39 is 0 Å². The van der Waals surface area contributed by atoms with E-state index in [1.807, 2.05) is 62.6 Å². The van der Waals surface area contributed by atoms with E-state index in [-0.39, 0.29) is 17.4 Å². The van der Waals surface area contributed by atoms with Gasteiger partial charge in [-0.1, -0.05) is 41.6 Å². The molecule has 1 N–H and O–H groups in total. The Morgan fingerprint density at radius 2 is 1.87 bits per heavy atom. The van der Waals surface area contributed by atoms with Crippen LogP contribution in [0.15, 0.2) is 35.5 Å². The summed E-state index contributed by atoms with van der Waals surface area (Å²) in [6, 6.07) is 9.40. The number of aryl methyl sites for hydroxylation is 2. The maximum absolute atomic E-state index is 13.1. The standard InChI is InChI=1S/C23H25ClN4O2S/c1-6-28-22(17-8-7-9-18(24)11-17)26-27-23(28)31-12-19(30)20-13(2)10-14(3)21(15(20)4)25-16(5)29/h7-11H,6,12H2,1-5H3,(H,25,29). The molecule has 0 radical (unpaired) electrons. The van der Waals surface area contributed by atoms with Crippen molar-refractivity contribution in [3.8, 4) is 11.4 Å². The molecule has 0 unspecified atom stereocenters. The summed E-state index contributed by atoms with van der Waals surface area (Å²) < 4.78 is 1.97. The lowest BCUT2D eigenvalue weighted by Gasteiger charge is -2.17. The Kier molecular flexibility index (Phi) is 7.18. The molecule has 1 amide bonds. The van der Waals surface area contributed by atoms with E-state index in [1.165, 1.54) is 18.7 Å².